The molecule has 7 heteroatoms. The molecule has 20 heavy (non-hydrogen) atoms. The molecular weight excluding hydrogens is 269 g/mol. The molecule has 0 amide bonds. The summed E-state index contributed by atoms with van der Waals surface area (Å²) in [4.78, 5) is 32.8. The number of carbonyl (C=O) groups is 3. The monoisotopic (exact) mass is 283 g/mol. The Bertz CT molecular complexity index is 544. The Kier molecular flexibility index (Phi) is 5.33. The van der Waals surface area contributed by atoms with Gasteiger partial charge in [-0.2, -0.15) is 0 Å². The zero-order valence-electron chi connectivity index (χ0n) is 10.5. The molecule has 6 nitrogen and oxygen atoms in total. The predicted molar refractivity (Wildman–Crippen MR) is 66.9 cm³/mol. The molecule has 0 spiro atoms. The molecule has 0 heterocycles. The number of aromatic carboxylic acids is 1. The van der Waals surface area contributed by atoms with E-state index in [9.17, 15) is 18.8 Å². The normalized spacial score (nSPS) is 11.9. The maximum atomic E-state index is 13.2. The van der Waals surface area contributed by atoms with Crippen LogP contribution < -0.4 is 5.73 Å². The number of rotatable bonds is 7. The van der Waals surface area contributed by atoms with Crippen molar-refractivity contribution in [3.05, 3.63) is 35.1 Å². The Morgan fingerprint density at radius 3 is 2.45 bits per heavy atom. The Hall–Kier alpha value is -2.28. The number of carboxylic acids is 2. The highest BCUT2D eigenvalue weighted by molar-refractivity contribution is 5.89. The summed E-state index contributed by atoms with van der Waals surface area (Å²) in [5, 5.41) is 17.3. The van der Waals surface area contributed by atoms with Gasteiger partial charge in [0.15, 0.2) is 0 Å². The van der Waals surface area contributed by atoms with Crippen LogP contribution in [0.1, 0.15) is 28.8 Å². The van der Waals surface area contributed by atoms with Crippen molar-refractivity contribution < 1.29 is 29.0 Å². The minimum atomic E-state index is -1.41. The molecule has 1 rings (SSSR count). The second-order valence-electron chi connectivity index (χ2n) is 4.32. The molecule has 1 aromatic rings. The summed E-state index contributed by atoms with van der Waals surface area (Å²) in [5.41, 5.74) is 5.12. The SMILES string of the molecule is N[C@@H](CCC(=O)Cc1ccc(F)c(C(=O)O)c1)C(=O)O. The van der Waals surface area contributed by atoms with E-state index < -0.39 is 29.4 Å². The van der Waals surface area contributed by atoms with Crippen LogP contribution >= 0.6 is 0 Å². The molecule has 0 aliphatic carbocycles. The summed E-state index contributed by atoms with van der Waals surface area (Å²) in [6.07, 6.45) is -0.124. The number of benzene rings is 1. The number of halogens is 1. The summed E-state index contributed by atoms with van der Waals surface area (Å²) >= 11 is 0. The minimum Gasteiger partial charge on any atom is -0.480 e. The lowest BCUT2D eigenvalue weighted by atomic mass is 10.0. The van der Waals surface area contributed by atoms with E-state index in [2.05, 4.69) is 0 Å². The number of ketones is 1. The van der Waals surface area contributed by atoms with E-state index in [4.69, 9.17) is 15.9 Å². The number of hydrogen-bond donors (Lipinski definition) is 3. The van der Waals surface area contributed by atoms with Gasteiger partial charge in [-0.25, -0.2) is 9.18 Å². The van der Waals surface area contributed by atoms with Crippen LogP contribution in [0, 0.1) is 5.82 Å². The number of hydrogen-bond acceptors (Lipinski definition) is 4. The Labute approximate surface area is 114 Å². The number of carboxylic acid groups (broad SMARTS) is 2. The zero-order valence-corrected chi connectivity index (χ0v) is 10.5. The molecule has 0 radical (unpaired) electrons. The summed E-state index contributed by atoms with van der Waals surface area (Å²) in [6.45, 7) is 0. The van der Waals surface area contributed by atoms with Gasteiger partial charge in [-0.1, -0.05) is 6.07 Å². The van der Waals surface area contributed by atoms with Gasteiger partial charge in [-0.15, -0.1) is 0 Å². The largest absolute Gasteiger partial charge is 0.480 e. The average Bonchev–Trinajstić information content (AvgIpc) is 2.37. The topological polar surface area (TPSA) is 118 Å². The van der Waals surface area contributed by atoms with Gasteiger partial charge >= 0.3 is 11.9 Å². The Morgan fingerprint density at radius 1 is 1.25 bits per heavy atom. The molecule has 0 saturated carbocycles. The van der Waals surface area contributed by atoms with Gasteiger partial charge in [-0.05, 0) is 24.1 Å². The first-order chi connectivity index (χ1) is 9.31. The first kappa shape index (κ1) is 15.8. The van der Waals surface area contributed by atoms with Crippen LogP contribution in [0.5, 0.6) is 0 Å². The lowest BCUT2D eigenvalue weighted by molar-refractivity contribution is -0.138. The van der Waals surface area contributed by atoms with Gasteiger partial charge in [0, 0.05) is 12.8 Å². The summed E-state index contributed by atoms with van der Waals surface area (Å²) < 4.78 is 13.2. The maximum Gasteiger partial charge on any atom is 0.338 e. The zero-order chi connectivity index (χ0) is 15.3. The Balaban J connectivity index is 2.65. The van der Waals surface area contributed by atoms with Crippen LogP contribution in [0.15, 0.2) is 18.2 Å². The van der Waals surface area contributed by atoms with Crippen molar-refractivity contribution in [2.24, 2.45) is 5.73 Å². The highest BCUT2D eigenvalue weighted by Gasteiger charge is 2.15. The smallest absolute Gasteiger partial charge is 0.338 e. The third-order valence-electron chi connectivity index (χ3n) is 2.71. The molecule has 0 saturated heterocycles. The molecule has 1 atom stereocenters. The van der Waals surface area contributed by atoms with Crippen molar-refractivity contribution in [2.45, 2.75) is 25.3 Å². The van der Waals surface area contributed by atoms with Gasteiger partial charge in [0.2, 0.25) is 0 Å². The van der Waals surface area contributed by atoms with Gasteiger partial charge < -0.3 is 15.9 Å². The third-order valence-corrected chi connectivity index (χ3v) is 2.71. The highest BCUT2D eigenvalue weighted by Crippen LogP contribution is 2.12. The van der Waals surface area contributed by atoms with Crippen LogP contribution in [0.25, 0.3) is 0 Å². The molecule has 0 aliphatic rings. The first-order valence-electron chi connectivity index (χ1n) is 5.83. The van der Waals surface area contributed by atoms with Crippen LogP contribution in [0.3, 0.4) is 0 Å². The molecule has 0 bridgehead atoms. The van der Waals surface area contributed by atoms with Crippen molar-refractivity contribution in [3.63, 3.8) is 0 Å². The van der Waals surface area contributed by atoms with Gasteiger partial charge in [0.05, 0.1) is 5.56 Å². The second kappa shape index (κ2) is 6.76. The van der Waals surface area contributed by atoms with E-state index >= 15 is 0 Å². The lowest BCUT2D eigenvalue weighted by Gasteiger charge is -2.06. The lowest BCUT2D eigenvalue weighted by Crippen LogP contribution is -2.30. The van der Waals surface area contributed by atoms with E-state index in [1.165, 1.54) is 6.07 Å². The first-order valence-corrected chi connectivity index (χ1v) is 5.83. The molecule has 1 aromatic carbocycles. The molecule has 108 valence electrons. The van der Waals surface area contributed by atoms with Crippen LogP contribution in [0.4, 0.5) is 4.39 Å². The molecule has 4 N–H and O–H groups in total. The number of Topliss-reactive ketones (excluding diaryl/α,β-unsaturated/α-hetero) is 1. The maximum absolute atomic E-state index is 13.2. The third kappa shape index (κ3) is 4.43. The van der Waals surface area contributed by atoms with Crippen molar-refractivity contribution in [1.82, 2.24) is 0 Å². The van der Waals surface area contributed by atoms with Crippen molar-refractivity contribution in [2.75, 3.05) is 0 Å². The standard InChI is InChI=1S/C13H14FNO5/c14-10-3-1-7(6-9(10)12(17)18)5-8(16)2-4-11(15)13(19)20/h1,3,6,11H,2,4-5,15H2,(H,17,18)(H,19,20)/t11-/m0/s1. The predicted octanol–water partition coefficient (Wildman–Crippen LogP) is 0.828. The van der Waals surface area contributed by atoms with Gasteiger partial charge in [0.25, 0.3) is 0 Å². The van der Waals surface area contributed by atoms with Crippen molar-refractivity contribution >= 4 is 17.7 Å². The van der Waals surface area contributed by atoms with Crippen LogP contribution in [0.2, 0.25) is 0 Å². The molecule has 0 fully saturated rings. The second-order valence-corrected chi connectivity index (χ2v) is 4.32. The fourth-order valence-corrected chi connectivity index (χ4v) is 1.60. The van der Waals surface area contributed by atoms with Crippen LogP contribution in [-0.4, -0.2) is 34.0 Å². The summed E-state index contributed by atoms with van der Waals surface area (Å²) in [6, 6.07) is 2.28. The van der Waals surface area contributed by atoms with Crippen molar-refractivity contribution in [3.8, 4) is 0 Å². The van der Waals surface area contributed by atoms with E-state index in [-0.39, 0.29) is 25.0 Å². The van der Waals surface area contributed by atoms with Crippen LogP contribution in [-0.2, 0) is 16.0 Å². The molecule has 0 unspecified atom stereocenters. The van der Waals surface area contributed by atoms with E-state index in [1.807, 2.05) is 0 Å². The van der Waals surface area contributed by atoms with E-state index in [0.29, 0.717) is 5.56 Å². The van der Waals surface area contributed by atoms with Gasteiger partial charge in [0.1, 0.15) is 17.6 Å². The quantitative estimate of drug-likeness (QED) is 0.682. The number of aliphatic carboxylic acids is 1. The molecular formula is C13H14FNO5. The van der Waals surface area contributed by atoms with E-state index in [1.54, 1.807) is 0 Å². The van der Waals surface area contributed by atoms with Crippen molar-refractivity contribution in [1.29, 1.82) is 0 Å². The number of carbonyl (C=O) groups excluding carboxylic acids is 1. The average molecular weight is 283 g/mol. The Morgan fingerprint density at radius 2 is 1.90 bits per heavy atom. The minimum absolute atomic E-state index is 0.00114. The fourth-order valence-electron chi connectivity index (χ4n) is 1.60. The molecule has 0 aliphatic heterocycles. The highest BCUT2D eigenvalue weighted by atomic mass is 19.1. The fraction of sp³-hybridized carbons (Fsp3) is 0.308. The van der Waals surface area contributed by atoms with Gasteiger partial charge in [-0.3, -0.25) is 9.59 Å². The van der Waals surface area contributed by atoms with E-state index in [0.717, 1.165) is 12.1 Å². The summed E-state index contributed by atoms with van der Waals surface area (Å²) in [5.74, 6) is -3.76. The number of nitrogens with two attached hydrogens (primary N) is 1. The summed E-state index contributed by atoms with van der Waals surface area (Å²) in [7, 11) is 0. The molecule has 0 aromatic heterocycles.